The Morgan fingerprint density at radius 3 is 2.56 bits per heavy atom. The van der Waals surface area contributed by atoms with E-state index in [9.17, 15) is 9.90 Å². The lowest BCUT2D eigenvalue weighted by Crippen LogP contribution is -2.41. The second kappa shape index (κ2) is 8.44. The van der Waals surface area contributed by atoms with Gasteiger partial charge in [-0.25, -0.2) is 0 Å². The zero-order valence-corrected chi connectivity index (χ0v) is 16.3. The first kappa shape index (κ1) is 19.2. The SMILES string of the molecule is COc1cccc(C(c2ccc(N(C)C)cc2)N2CCCC(C(=O)O)C2)c1. The first-order valence-corrected chi connectivity index (χ1v) is 9.37. The molecule has 144 valence electrons. The van der Waals surface area contributed by atoms with Gasteiger partial charge >= 0.3 is 5.97 Å². The number of piperidine rings is 1. The van der Waals surface area contributed by atoms with E-state index in [0.29, 0.717) is 6.54 Å². The van der Waals surface area contributed by atoms with Gasteiger partial charge in [0.1, 0.15) is 5.75 Å². The topological polar surface area (TPSA) is 53.0 Å². The fraction of sp³-hybridized carbons (Fsp3) is 0.409. The van der Waals surface area contributed by atoms with Crippen LogP contribution in [0.5, 0.6) is 5.75 Å². The van der Waals surface area contributed by atoms with E-state index in [4.69, 9.17) is 4.74 Å². The van der Waals surface area contributed by atoms with Gasteiger partial charge in [0.05, 0.1) is 19.1 Å². The predicted octanol–water partition coefficient (Wildman–Crippen LogP) is 3.65. The number of hydrogen-bond donors (Lipinski definition) is 1. The van der Waals surface area contributed by atoms with Gasteiger partial charge in [0.25, 0.3) is 0 Å². The Labute approximate surface area is 161 Å². The molecular formula is C22H28N2O3. The molecule has 1 saturated heterocycles. The molecule has 0 saturated carbocycles. The van der Waals surface area contributed by atoms with Crippen molar-refractivity contribution >= 4 is 11.7 Å². The zero-order valence-electron chi connectivity index (χ0n) is 16.3. The number of rotatable bonds is 6. The average molecular weight is 368 g/mol. The molecule has 0 bridgehead atoms. The van der Waals surface area contributed by atoms with Gasteiger partial charge in [-0.1, -0.05) is 24.3 Å². The van der Waals surface area contributed by atoms with Crippen molar-refractivity contribution in [1.82, 2.24) is 4.90 Å². The van der Waals surface area contributed by atoms with E-state index in [1.165, 1.54) is 5.56 Å². The minimum atomic E-state index is -0.702. The van der Waals surface area contributed by atoms with Crippen LogP contribution >= 0.6 is 0 Å². The molecule has 2 atom stereocenters. The third-order valence-corrected chi connectivity index (χ3v) is 5.30. The standard InChI is InChI=1S/C22H28N2O3/c1-23(2)19-11-9-16(10-12-19)21(17-6-4-8-20(14-17)27-3)24-13-5-7-18(15-24)22(25)26/h4,6,8-12,14,18,21H,5,7,13,15H2,1-3H3,(H,25,26). The number of methoxy groups -OCH3 is 1. The van der Waals surface area contributed by atoms with Crippen molar-refractivity contribution in [3.63, 3.8) is 0 Å². The van der Waals surface area contributed by atoms with Crippen molar-refractivity contribution in [2.75, 3.05) is 39.2 Å². The molecule has 5 heteroatoms. The van der Waals surface area contributed by atoms with Gasteiger partial charge in [0.2, 0.25) is 0 Å². The molecule has 1 heterocycles. The van der Waals surface area contributed by atoms with E-state index in [1.807, 2.05) is 26.2 Å². The fourth-order valence-corrected chi connectivity index (χ4v) is 3.82. The summed E-state index contributed by atoms with van der Waals surface area (Å²) in [5, 5.41) is 9.51. The minimum absolute atomic E-state index is 0.0125. The number of aliphatic carboxylic acids is 1. The van der Waals surface area contributed by atoms with Crippen molar-refractivity contribution in [2.24, 2.45) is 5.92 Å². The van der Waals surface area contributed by atoms with Gasteiger partial charge in [0, 0.05) is 26.3 Å². The second-order valence-electron chi connectivity index (χ2n) is 7.34. The van der Waals surface area contributed by atoms with E-state index in [1.54, 1.807) is 7.11 Å². The molecule has 1 N–H and O–H groups in total. The van der Waals surface area contributed by atoms with Crippen LogP contribution in [0.4, 0.5) is 5.69 Å². The van der Waals surface area contributed by atoms with Gasteiger partial charge in [-0.2, -0.15) is 0 Å². The maximum atomic E-state index is 11.6. The molecule has 0 aliphatic carbocycles. The number of carboxylic acids is 1. The number of anilines is 1. The highest BCUT2D eigenvalue weighted by Crippen LogP contribution is 2.34. The van der Waals surface area contributed by atoms with Crippen molar-refractivity contribution < 1.29 is 14.6 Å². The number of benzene rings is 2. The minimum Gasteiger partial charge on any atom is -0.497 e. The molecule has 2 unspecified atom stereocenters. The summed E-state index contributed by atoms with van der Waals surface area (Å²) in [6.45, 7) is 1.45. The van der Waals surface area contributed by atoms with Crippen molar-refractivity contribution in [2.45, 2.75) is 18.9 Å². The van der Waals surface area contributed by atoms with Crippen LogP contribution in [-0.2, 0) is 4.79 Å². The molecule has 0 aromatic heterocycles. The Bertz CT molecular complexity index is 773. The number of carbonyl (C=O) groups is 1. The molecule has 1 aliphatic heterocycles. The van der Waals surface area contributed by atoms with Crippen LogP contribution in [0.1, 0.15) is 30.0 Å². The summed E-state index contributed by atoms with van der Waals surface area (Å²) < 4.78 is 5.42. The summed E-state index contributed by atoms with van der Waals surface area (Å²) in [5.41, 5.74) is 3.43. The van der Waals surface area contributed by atoms with Gasteiger partial charge in [-0.05, 0) is 54.8 Å². The molecule has 3 rings (SSSR count). The molecule has 2 aromatic rings. The van der Waals surface area contributed by atoms with Crippen molar-refractivity contribution in [3.05, 3.63) is 59.7 Å². The lowest BCUT2D eigenvalue weighted by atomic mass is 9.91. The molecule has 0 amide bonds. The van der Waals surface area contributed by atoms with Crippen molar-refractivity contribution in [3.8, 4) is 5.75 Å². The largest absolute Gasteiger partial charge is 0.497 e. The van der Waals surface area contributed by atoms with Gasteiger partial charge < -0.3 is 14.7 Å². The highest BCUT2D eigenvalue weighted by molar-refractivity contribution is 5.70. The monoisotopic (exact) mass is 368 g/mol. The van der Waals surface area contributed by atoms with Crippen LogP contribution in [0.15, 0.2) is 48.5 Å². The predicted molar refractivity (Wildman–Crippen MR) is 108 cm³/mol. The lowest BCUT2D eigenvalue weighted by Gasteiger charge is -2.37. The summed E-state index contributed by atoms with van der Waals surface area (Å²) in [5.74, 6) is -0.200. The smallest absolute Gasteiger partial charge is 0.307 e. The molecular weight excluding hydrogens is 340 g/mol. The van der Waals surface area contributed by atoms with Crippen molar-refractivity contribution in [1.29, 1.82) is 0 Å². The quantitative estimate of drug-likeness (QED) is 0.843. The third-order valence-electron chi connectivity index (χ3n) is 5.30. The molecule has 2 aromatic carbocycles. The van der Waals surface area contributed by atoms with Crippen LogP contribution in [-0.4, -0.2) is 50.3 Å². The lowest BCUT2D eigenvalue weighted by molar-refractivity contribution is -0.143. The first-order valence-electron chi connectivity index (χ1n) is 9.37. The molecule has 1 fully saturated rings. The van der Waals surface area contributed by atoms with E-state index in [-0.39, 0.29) is 12.0 Å². The summed E-state index contributed by atoms with van der Waals surface area (Å²) in [6.07, 6.45) is 1.64. The van der Waals surface area contributed by atoms with Crippen LogP contribution in [0.3, 0.4) is 0 Å². The number of likely N-dealkylation sites (tertiary alicyclic amines) is 1. The van der Waals surface area contributed by atoms with E-state index >= 15 is 0 Å². The second-order valence-corrected chi connectivity index (χ2v) is 7.34. The summed E-state index contributed by atoms with van der Waals surface area (Å²) in [7, 11) is 5.72. The van der Waals surface area contributed by atoms with Gasteiger partial charge in [-0.3, -0.25) is 9.69 Å². The first-order chi connectivity index (χ1) is 13.0. The highest BCUT2D eigenvalue weighted by atomic mass is 16.5. The van der Waals surface area contributed by atoms with Gasteiger partial charge in [-0.15, -0.1) is 0 Å². The Kier molecular flexibility index (Phi) is 6.01. The van der Waals surface area contributed by atoms with Crippen LogP contribution < -0.4 is 9.64 Å². The number of nitrogens with zero attached hydrogens (tertiary/aromatic N) is 2. The molecule has 0 radical (unpaired) electrons. The summed E-state index contributed by atoms with van der Waals surface area (Å²) in [6, 6.07) is 16.6. The fourth-order valence-electron chi connectivity index (χ4n) is 3.82. The zero-order chi connectivity index (χ0) is 19.4. The normalized spacial score (nSPS) is 18.7. The Morgan fingerprint density at radius 1 is 1.19 bits per heavy atom. The maximum Gasteiger partial charge on any atom is 0.307 e. The van der Waals surface area contributed by atoms with E-state index in [2.05, 4.69) is 46.2 Å². The molecule has 5 nitrogen and oxygen atoms in total. The Balaban J connectivity index is 1.99. The van der Waals surface area contributed by atoms with E-state index < -0.39 is 5.97 Å². The number of hydrogen-bond acceptors (Lipinski definition) is 4. The average Bonchev–Trinajstić information content (AvgIpc) is 2.69. The van der Waals surface area contributed by atoms with Crippen LogP contribution in [0.25, 0.3) is 0 Å². The van der Waals surface area contributed by atoms with Crippen LogP contribution in [0.2, 0.25) is 0 Å². The molecule has 27 heavy (non-hydrogen) atoms. The van der Waals surface area contributed by atoms with Gasteiger partial charge in [0.15, 0.2) is 0 Å². The summed E-state index contributed by atoms with van der Waals surface area (Å²) in [4.78, 5) is 15.9. The highest BCUT2D eigenvalue weighted by Gasteiger charge is 2.31. The molecule has 1 aliphatic rings. The Hall–Kier alpha value is -2.53. The molecule has 0 spiro atoms. The summed E-state index contributed by atoms with van der Waals surface area (Å²) >= 11 is 0. The maximum absolute atomic E-state index is 11.6. The number of ether oxygens (including phenoxy) is 1. The Morgan fingerprint density at radius 2 is 1.93 bits per heavy atom. The number of carboxylic acid groups (broad SMARTS) is 1. The van der Waals surface area contributed by atoms with Crippen LogP contribution in [0, 0.1) is 5.92 Å². The van der Waals surface area contributed by atoms with E-state index in [0.717, 1.165) is 36.4 Å². The third kappa shape index (κ3) is 4.42.